The molecule has 84 valence electrons. The molecular formula is C14H21Br. The Labute approximate surface area is 102 Å². The molecule has 0 spiro atoms. The lowest BCUT2D eigenvalue weighted by Crippen LogP contribution is -2.20. The average molecular weight is 269 g/mol. The van der Waals surface area contributed by atoms with Crippen molar-refractivity contribution < 1.29 is 0 Å². The summed E-state index contributed by atoms with van der Waals surface area (Å²) in [5.41, 5.74) is 3.26. The zero-order valence-corrected chi connectivity index (χ0v) is 12.0. The predicted molar refractivity (Wildman–Crippen MR) is 72.0 cm³/mol. The van der Waals surface area contributed by atoms with E-state index in [1.54, 1.807) is 0 Å². The first-order valence-corrected chi connectivity index (χ1v) is 6.56. The van der Waals surface area contributed by atoms with E-state index in [2.05, 4.69) is 74.8 Å². The number of rotatable bonds is 2. The van der Waals surface area contributed by atoms with Gasteiger partial charge in [-0.2, -0.15) is 0 Å². The van der Waals surface area contributed by atoms with Crippen LogP contribution in [0.2, 0.25) is 0 Å². The lowest BCUT2D eigenvalue weighted by Gasteiger charge is -2.26. The Morgan fingerprint density at radius 1 is 1.00 bits per heavy atom. The molecule has 0 N–H and O–H groups in total. The molecule has 0 saturated heterocycles. The van der Waals surface area contributed by atoms with Gasteiger partial charge in [0.05, 0.1) is 0 Å². The Kier molecular flexibility index (Phi) is 3.65. The Morgan fingerprint density at radius 2 is 1.53 bits per heavy atom. The maximum Gasteiger partial charge on any atom is 0.0123 e. The third kappa shape index (κ3) is 3.07. The molecule has 0 aromatic heterocycles. The van der Waals surface area contributed by atoms with Crippen LogP contribution in [0.3, 0.4) is 0 Å². The zero-order valence-electron chi connectivity index (χ0n) is 10.4. The molecule has 1 rings (SSSR count). The standard InChI is InChI=1S/C14H21Br/c1-13(2,3)11-7-6-8-12(9-11)14(4,5)10-15/h6-9H,10H2,1-5H3. The van der Waals surface area contributed by atoms with Gasteiger partial charge >= 0.3 is 0 Å². The molecule has 0 heterocycles. The molecule has 0 bridgehead atoms. The lowest BCUT2D eigenvalue weighted by molar-refractivity contribution is 0.575. The van der Waals surface area contributed by atoms with Crippen molar-refractivity contribution in [1.29, 1.82) is 0 Å². The summed E-state index contributed by atoms with van der Waals surface area (Å²) in [5.74, 6) is 0. The van der Waals surface area contributed by atoms with E-state index in [9.17, 15) is 0 Å². The first-order valence-electron chi connectivity index (χ1n) is 5.44. The molecule has 1 aromatic carbocycles. The fourth-order valence-electron chi connectivity index (χ4n) is 1.48. The summed E-state index contributed by atoms with van der Waals surface area (Å²) in [7, 11) is 0. The minimum absolute atomic E-state index is 0.210. The molecule has 0 aliphatic rings. The molecule has 0 saturated carbocycles. The minimum atomic E-state index is 0.210. The molecule has 0 unspecified atom stereocenters. The summed E-state index contributed by atoms with van der Waals surface area (Å²) in [6.45, 7) is 11.3. The van der Waals surface area contributed by atoms with Crippen LogP contribution >= 0.6 is 15.9 Å². The summed E-state index contributed by atoms with van der Waals surface area (Å²) in [4.78, 5) is 0. The van der Waals surface area contributed by atoms with E-state index < -0.39 is 0 Å². The number of halogens is 1. The highest BCUT2D eigenvalue weighted by Gasteiger charge is 2.21. The van der Waals surface area contributed by atoms with Crippen LogP contribution in [0.4, 0.5) is 0 Å². The van der Waals surface area contributed by atoms with Crippen molar-refractivity contribution in [3.05, 3.63) is 35.4 Å². The molecule has 0 atom stereocenters. The van der Waals surface area contributed by atoms with E-state index in [0.717, 1.165) is 5.33 Å². The zero-order chi connectivity index (χ0) is 11.7. The first kappa shape index (κ1) is 12.8. The number of hydrogen-bond acceptors (Lipinski definition) is 0. The molecule has 1 heteroatoms. The van der Waals surface area contributed by atoms with Crippen LogP contribution in [0.5, 0.6) is 0 Å². The molecule has 1 aromatic rings. The fraction of sp³-hybridized carbons (Fsp3) is 0.571. The van der Waals surface area contributed by atoms with E-state index in [1.165, 1.54) is 11.1 Å². The number of alkyl halides is 1. The van der Waals surface area contributed by atoms with Crippen molar-refractivity contribution in [3.63, 3.8) is 0 Å². The topological polar surface area (TPSA) is 0 Å². The highest BCUT2D eigenvalue weighted by molar-refractivity contribution is 9.09. The number of hydrogen-bond donors (Lipinski definition) is 0. The third-order valence-electron chi connectivity index (χ3n) is 2.84. The van der Waals surface area contributed by atoms with Gasteiger partial charge in [0.2, 0.25) is 0 Å². The lowest BCUT2D eigenvalue weighted by atomic mass is 9.81. The molecule has 0 aliphatic carbocycles. The quantitative estimate of drug-likeness (QED) is 0.685. The highest BCUT2D eigenvalue weighted by atomic mass is 79.9. The van der Waals surface area contributed by atoms with Crippen molar-refractivity contribution >= 4 is 15.9 Å². The van der Waals surface area contributed by atoms with Gasteiger partial charge in [-0.3, -0.25) is 0 Å². The van der Waals surface area contributed by atoms with E-state index >= 15 is 0 Å². The summed E-state index contributed by atoms with van der Waals surface area (Å²) < 4.78 is 0. The molecule has 0 amide bonds. The third-order valence-corrected chi connectivity index (χ3v) is 4.25. The van der Waals surface area contributed by atoms with E-state index in [1.807, 2.05) is 0 Å². The van der Waals surface area contributed by atoms with E-state index in [-0.39, 0.29) is 10.8 Å². The summed E-state index contributed by atoms with van der Waals surface area (Å²) in [6, 6.07) is 8.94. The Hall–Kier alpha value is -0.300. The van der Waals surface area contributed by atoms with Crippen LogP contribution in [0, 0.1) is 0 Å². The van der Waals surface area contributed by atoms with Crippen molar-refractivity contribution in [2.45, 2.75) is 45.4 Å². The van der Waals surface area contributed by atoms with Gasteiger partial charge in [-0.05, 0) is 22.0 Å². The van der Waals surface area contributed by atoms with Gasteiger partial charge < -0.3 is 0 Å². The maximum absolute atomic E-state index is 3.58. The van der Waals surface area contributed by atoms with Gasteiger partial charge in [-0.15, -0.1) is 0 Å². The van der Waals surface area contributed by atoms with E-state index in [0.29, 0.717) is 0 Å². The van der Waals surface area contributed by atoms with Crippen LogP contribution in [-0.2, 0) is 10.8 Å². The van der Waals surface area contributed by atoms with Gasteiger partial charge in [0.15, 0.2) is 0 Å². The SMILES string of the molecule is CC(C)(C)c1cccc(C(C)(C)CBr)c1. The average Bonchev–Trinajstić information content (AvgIpc) is 2.17. The Balaban J connectivity index is 3.14. The van der Waals surface area contributed by atoms with E-state index in [4.69, 9.17) is 0 Å². The van der Waals surface area contributed by atoms with Gasteiger partial charge in [-0.25, -0.2) is 0 Å². The van der Waals surface area contributed by atoms with Crippen LogP contribution in [0.1, 0.15) is 45.7 Å². The second-order valence-electron chi connectivity index (χ2n) is 5.85. The number of benzene rings is 1. The van der Waals surface area contributed by atoms with Crippen molar-refractivity contribution in [2.75, 3.05) is 5.33 Å². The van der Waals surface area contributed by atoms with Crippen LogP contribution in [0.25, 0.3) is 0 Å². The minimum Gasteiger partial charge on any atom is -0.0919 e. The van der Waals surface area contributed by atoms with Gasteiger partial charge in [0.1, 0.15) is 0 Å². The second kappa shape index (κ2) is 4.29. The molecular weight excluding hydrogens is 248 g/mol. The van der Waals surface area contributed by atoms with Crippen LogP contribution in [0.15, 0.2) is 24.3 Å². The van der Waals surface area contributed by atoms with Gasteiger partial charge in [0, 0.05) is 5.33 Å². The van der Waals surface area contributed by atoms with Crippen molar-refractivity contribution in [2.24, 2.45) is 0 Å². The first-order chi connectivity index (χ1) is 6.77. The molecule has 0 nitrogen and oxygen atoms in total. The largest absolute Gasteiger partial charge is 0.0919 e. The van der Waals surface area contributed by atoms with Crippen LogP contribution < -0.4 is 0 Å². The maximum atomic E-state index is 3.58. The molecule has 0 aliphatic heterocycles. The molecule has 0 radical (unpaired) electrons. The summed E-state index contributed by atoms with van der Waals surface area (Å²) in [5, 5.41) is 0.994. The van der Waals surface area contributed by atoms with Gasteiger partial charge in [-0.1, -0.05) is 74.8 Å². The monoisotopic (exact) mass is 268 g/mol. The summed E-state index contributed by atoms with van der Waals surface area (Å²) >= 11 is 3.58. The fourth-order valence-corrected chi connectivity index (χ4v) is 1.81. The normalized spacial score (nSPS) is 12.9. The summed E-state index contributed by atoms with van der Waals surface area (Å²) in [6.07, 6.45) is 0. The molecule has 15 heavy (non-hydrogen) atoms. The predicted octanol–water partition coefficient (Wildman–Crippen LogP) is 4.66. The Morgan fingerprint density at radius 3 is 2.00 bits per heavy atom. The van der Waals surface area contributed by atoms with Crippen molar-refractivity contribution in [1.82, 2.24) is 0 Å². The Bertz CT molecular complexity index is 331. The van der Waals surface area contributed by atoms with Crippen molar-refractivity contribution in [3.8, 4) is 0 Å². The van der Waals surface area contributed by atoms with Crippen LogP contribution in [-0.4, -0.2) is 5.33 Å². The highest BCUT2D eigenvalue weighted by Crippen LogP contribution is 2.29. The molecule has 0 fully saturated rings. The smallest absolute Gasteiger partial charge is 0.0123 e. The second-order valence-corrected chi connectivity index (χ2v) is 6.41. The van der Waals surface area contributed by atoms with Gasteiger partial charge in [0.25, 0.3) is 0 Å².